The minimum absolute atomic E-state index is 0.0826. The maximum atomic E-state index is 11.8. The standard InChI is InChI=1S/C13H17N5O2/c1-7(19)8-2-4-9(5-3-8)11-15-6-10-12(20)16-13(14)17-18(10)11/h6,8-9H,2-5H2,1H3,(H3,14,16,17,20). The second-order valence-electron chi connectivity index (χ2n) is 5.41. The van der Waals surface area contributed by atoms with Crippen LogP contribution in [-0.4, -0.2) is 25.4 Å². The summed E-state index contributed by atoms with van der Waals surface area (Å²) in [7, 11) is 0. The van der Waals surface area contributed by atoms with E-state index in [-0.39, 0.29) is 29.1 Å². The SMILES string of the molecule is CC(=O)C1CCC(c2ncc3c(=O)[nH]c(N)nn23)CC1. The summed E-state index contributed by atoms with van der Waals surface area (Å²) < 4.78 is 1.53. The lowest BCUT2D eigenvalue weighted by molar-refractivity contribution is -0.121. The fourth-order valence-corrected chi connectivity index (χ4v) is 2.97. The van der Waals surface area contributed by atoms with E-state index in [0.717, 1.165) is 31.5 Å². The summed E-state index contributed by atoms with van der Waals surface area (Å²) in [4.78, 5) is 29.9. The highest BCUT2D eigenvalue weighted by molar-refractivity contribution is 5.78. The lowest BCUT2D eigenvalue weighted by atomic mass is 9.80. The molecule has 1 aliphatic rings. The van der Waals surface area contributed by atoms with Crippen molar-refractivity contribution in [2.75, 3.05) is 5.73 Å². The van der Waals surface area contributed by atoms with E-state index in [9.17, 15) is 9.59 Å². The van der Waals surface area contributed by atoms with Gasteiger partial charge in [0.05, 0.1) is 6.20 Å². The lowest BCUT2D eigenvalue weighted by Crippen LogP contribution is -2.21. The van der Waals surface area contributed by atoms with Gasteiger partial charge in [0.15, 0.2) is 5.52 Å². The molecule has 0 bridgehead atoms. The highest BCUT2D eigenvalue weighted by Crippen LogP contribution is 2.35. The second kappa shape index (κ2) is 4.73. The number of nitrogens with zero attached hydrogens (tertiary/aromatic N) is 3. The number of aromatic nitrogens is 4. The summed E-state index contributed by atoms with van der Waals surface area (Å²) in [5, 5.41) is 4.14. The van der Waals surface area contributed by atoms with Crippen molar-refractivity contribution in [3.63, 3.8) is 0 Å². The maximum absolute atomic E-state index is 11.8. The first-order valence-corrected chi connectivity index (χ1v) is 6.80. The Morgan fingerprint density at radius 2 is 2.10 bits per heavy atom. The van der Waals surface area contributed by atoms with Crippen molar-refractivity contribution in [1.82, 2.24) is 19.6 Å². The van der Waals surface area contributed by atoms with E-state index >= 15 is 0 Å². The number of anilines is 1. The number of Topliss-reactive ketones (excluding diaryl/α,β-unsaturated/α-hetero) is 1. The number of fused-ring (bicyclic) bond motifs is 1. The second-order valence-corrected chi connectivity index (χ2v) is 5.41. The Morgan fingerprint density at radius 1 is 1.40 bits per heavy atom. The molecule has 0 amide bonds. The summed E-state index contributed by atoms with van der Waals surface area (Å²) in [5.41, 5.74) is 5.71. The van der Waals surface area contributed by atoms with Crippen LogP contribution >= 0.6 is 0 Å². The van der Waals surface area contributed by atoms with Crippen molar-refractivity contribution < 1.29 is 4.79 Å². The molecule has 20 heavy (non-hydrogen) atoms. The predicted molar refractivity (Wildman–Crippen MR) is 73.4 cm³/mol. The topological polar surface area (TPSA) is 106 Å². The first kappa shape index (κ1) is 12.8. The zero-order valence-electron chi connectivity index (χ0n) is 11.3. The Labute approximate surface area is 115 Å². The van der Waals surface area contributed by atoms with Gasteiger partial charge in [-0.1, -0.05) is 0 Å². The molecule has 0 spiro atoms. The third kappa shape index (κ3) is 2.09. The van der Waals surface area contributed by atoms with Crippen LogP contribution in [0, 0.1) is 5.92 Å². The van der Waals surface area contributed by atoms with Gasteiger partial charge < -0.3 is 5.73 Å². The molecule has 2 aromatic heterocycles. The quantitative estimate of drug-likeness (QED) is 0.845. The van der Waals surface area contributed by atoms with Gasteiger partial charge in [-0.3, -0.25) is 14.6 Å². The first-order valence-electron chi connectivity index (χ1n) is 6.80. The van der Waals surface area contributed by atoms with E-state index < -0.39 is 0 Å². The van der Waals surface area contributed by atoms with Crippen LogP contribution in [0.25, 0.3) is 5.52 Å². The van der Waals surface area contributed by atoms with Crippen molar-refractivity contribution in [3.8, 4) is 0 Å². The van der Waals surface area contributed by atoms with E-state index in [0.29, 0.717) is 5.52 Å². The van der Waals surface area contributed by atoms with Gasteiger partial charge in [0.1, 0.15) is 11.6 Å². The van der Waals surface area contributed by atoms with E-state index in [1.54, 1.807) is 6.92 Å². The summed E-state index contributed by atoms with van der Waals surface area (Å²) in [6.07, 6.45) is 5.04. The number of imidazole rings is 1. The van der Waals surface area contributed by atoms with Gasteiger partial charge in [-0.05, 0) is 32.6 Å². The number of hydrogen-bond donors (Lipinski definition) is 2. The molecule has 0 atom stereocenters. The Hall–Kier alpha value is -2.18. The van der Waals surface area contributed by atoms with Crippen molar-refractivity contribution >= 4 is 17.2 Å². The molecule has 1 fully saturated rings. The highest BCUT2D eigenvalue weighted by Gasteiger charge is 2.28. The monoisotopic (exact) mass is 275 g/mol. The summed E-state index contributed by atoms with van der Waals surface area (Å²) in [6, 6.07) is 0. The molecule has 1 saturated carbocycles. The van der Waals surface area contributed by atoms with Crippen LogP contribution in [0.2, 0.25) is 0 Å². The Morgan fingerprint density at radius 3 is 2.75 bits per heavy atom. The van der Waals surface area contributed by atoms with Crippen LogP contribution in [0.5, 0.6) is 0 Å². The van der Waals surface area contributed by atoms with Gasteiger partial charge in [0, 0.05) is 11.8 Å². The predicted octanol–water partition coefficient (Wildman–Crippen LogP) is 0.863. The number of aromatic amines is 1. The number of carbonyl (C=O) groups is 1. The molecule has 2 aromatic rings. The van der Waals surface area contributed by atoms with Gasteiger partial charge in [-0.25, -0.2) is 9.50 Å². The average Bonchev–Trinajstić information content (AvgIpc) is 2.82. The number of nitrogens with two attached hydrogens (primary N) is 1. The molecular weight excluding hydrogens is 258 g/mol. The van der Waals surface area contributed by atoms with Gasteiger partial charge >= 0.3 is 0 Å². The smallest absolute Gasteiger partial charge is 0.278 e. The molecule has 3 rings (SSSR count). The third-order valence-corrected chi connectivity index (χ3v) is 4.11. The summed E-state index contributed by atoms with van der Waals surface area (Å²) >= 11 is 0. The molecule has 0 aliphatic heterocycles. The van der Waals surface area contributed by atoms with Crippen molar-refractivity contribution in [1.29, 1.82) is 0 Å². The largest absolute Gasteiger partial charge is 0.368 e. The van der Waals surface area contributed by atoms with Crippen LogP contribution in [0.4, 0.5) is 5.95 Å². The number of rotatable bonds is 2. The molecular formula is C13H17N5O2. The third-order valence-electron chi connectivity index (χ3n) is 4.11. The molecule has 0 saturated heterocycles. The van der Waals surface area contributed by atoms with E-state index in [2.05, 4.69) is 15.1 Å². The number of carbonyl (C=O) groups excluding carboxylic acids is 1. The van der Waals surface area contributed by atoms with Crippen LogP contribution in [0.15, 0.2) is 11.0 Å². The molecule has 7 nitrogen and oxygen atoms in total. The summed E-state index contributed by atoms with van der Waals surface area (Å²) in [5.74, 6) is 1.50. The summed E-state index contributed by atoms with van der Waals surface area (Å²) in [6.45, 7) is 1.65. The van der Waals surface area contributed by atoms with Crippen LogP contribution in [-0.2, 0) is 4.79 Å². The number of H-pyrrole nitrogens is 1. The van der Waals surface area contributed by atoms with E-state index in [1.165, 1.54) is 10.7 Å². The molecule has 106 valence electrons. The van der Waals surface area contributed by atoms with Gasteiger partial charge in [-0.2, -0.15) is 0 Å². The maximum Gasteiger partial charge on any atom is 0.278 e. The van der Waals surface area contributed by atoms with Gasteiger partial charge in [-0.15, -0.1) is 5.10 Å². The zero-order chi connectivity index (χ0) is 14.3. The molecule has 0 unspecified atom stereocenters. The van der Waals surface area contributed by atoms with Crippen molar-refractivity contribution in [2.24, 2.45) is 5.92 Å². The van der Waals surface area contributed by atoms with Crippen LogP contribution in [0.3, 0.4) is 0 Å². The number of nitrogens with one attached hydrogen (secondary N) is 1. The fraction of sp³-hybridized carbons (Fsp3) is 0.538. The molecule has 7 heteroatoms. The minimum Gasteiger partial charge on any atom is -0.368 e. The van der Waals surface area contributed by atoms with Gasteiger partial charge in [0.2, 0.25) is 5.95 Å². The van der Waals surface area contributed by atoms with Gasteiger partial charge in [0.25, 0.3) is 5.56 Å². The average molecular weight is 275 g/mol. The van der Waals surface area contributed by atoms with Crippen LogP contribution < -0.4 is 11.3 Å². The zero-order valence-corrected chi connectivity index (χ0v) is 11.3. The number of ketones is 1. The fourth-order valence-electron chi connectivity index (χ4n) is 2.97. The highest BCUT2D eigenvalue weighted by atomic mass is 16.1. The van der Waals surface area contributed by atoms with Crippen molar-refractivity contribution in [3.05, 3.63) is 22.4 Å². The van der Waals surface area contributed by atoms with E-state index in [1.807, 2.05) is 0 Å². The molecule has 0 radical (unpaired) electrons. The first-order chi connectivity index (χ1) is 9.56. The van der Waals surface area contributed by atoms with E-state index in [4.69, 9.17) is 5.73 Å². The van der Waals surface area contributed by atoms with Crippen LogP contribution in [0.1, 0.15) is 44.3 Å². The Balaban J connectivity index is 1.92. The number of nitrogen functional groups attached to an aromatic ring is 1. The minimum atomic E-state index is -0.284. The van der Waals surface area contributed by atoms with Crippen molar-refractivity contribution in [2.45, 2.75) is 38.5 Å². The lowest BCUT2D eigenvalue weighted by Gasteiger charge is -2.25. The molecule has 1 aliphatic carbocycles. The Kier molecular flexibility index (Phi) is 3.04. The number of hydrogen-bond acceptors (Lipinski definition) is 5. The normalized spacial score (nSPS) is 23.1. The molecule has 3 N–H and O–H groups in total. The Bertz CT molecular complexity index is 709. The molecule has 0 aromatic carbocycles. The molecule has 2 heterocycles.